The third-order valence-corrected chi connectivity index (χ3v) is 3.46. The molecule has 0 saturated carbocycles. The largest absolute Gasteiger partial charge is 0.380 e. The van der Waals surface area contributed by atoms with Crippen molar-refractivity contribution in [3.8, 4) is 0 Å². The molecule has 1 aromatic carbocycles. The van der Waals surface area contributed by atoms with Gasteiger partial charge >= 0.3 is 0 Å². The molecule has 0 aliphatic rings. The molecular weight excluding hydrogens is 295 g/mol. The summed E-state index contributed by atoms with van der Waals surface area (Å²) in [6.07, 6.45) is 3.77. The molecule has 0 fully saturated rings. The molecule has 2 aromatic heterocycles. The van der Waals surface area contributed by atoms with Gasteiger partial charge in [0.15, 0.2) is 5.65 Å². The monoisotopic (exact) mass is 306 g/mol. The van der Waals surface area contributed by atoms with Gasteiger partial charge in [-0.05, 0) is 25.1 Å². The molecule has 0 aliphatic carbocycles. The predicted octanol–water partition coefficient (Wildman–Crippen LogP) is 3.96. The van der Waals surface area contributed by atoms with E-state index in [-0.39, 0.29) is 0 Å². The minimum atomic E-state index is 0.599. The summed E-state index contributed by atoms with van der Waals surface area (Å²) in [6.45, 7) is 2.54. The fourth-order valence-electron chi connectivity index (χ4n) is 1.96. The number of aryl methyl sites for hydroxylation is 1. The van der Waals surface area contributed by atoms with Crippen molar-refractivity contribution in [2.75, 3.05) is 5.32 Å². The Kier molecular flexibility index (Phi) is 3.51. The third-order valence-electron chi connectivity index (χ3n) is 2.90. The maximum absolute atomic E-state index is 6.11. The predicted molar refractivity (Wildman–Crippen MR) is 81.5 cm³/mol. The van der Waals surface area contributed by atoms with Crippen LogP contribution < -0.4 is 5.32 Å². The number of rotatable bonds is 3. The summed E-state index contributed by atoms with van der Waals surface area (Å²) in [5.74, 6) is 0. The Morgan fingerprint density at radius 2 is 2.10 bits per heavy atom. The quantitative estimate of drug-likeness (QED) is 0.796. The first kappa shape index (κ1) is 13.2. The zero-order chi connectivity index (χ0) is 14.1. The number of halogens is 2. The highest BCUT2D eigenvalue weighted by Gasteiger charge is 2.03. The number of nitrogens with one attached hydrogen (secondary N) is 1. The number of benzene rings is 1. The van der Waals surface area contributed by atoms with Crippen LogP contribution in [-0.2, 0) is 6.54 Å². The van der Waals surface area contributed by atoms with Gasteiger partial charge in [-0.25, -0.2) is 9.50 Å². The van der Waals surface area contributed by atoms with Crippen molar-refractivity contribution < 1.29 is 0 Å². The lowest BCUT2D eigenvalue weighted by Gasteiger charge is -2.08. The molecule has 2 heterocycles. The molecule has 1 N–H and O–H groups in total. The van der Waals surface area contributed by atoms with Gasteiger partial charge in [0.25, 0.3) is 0 Å². The van der Waals surface area contributed by atoms with Gasteiger partial charge in [0.05, 0.1) is 16.4 Å². The second-order valence-electron chi connectivity index (χ2n) is 4.53. The number of aromatic nitrogens is 3. The van der Waals surface area contributed by atoms with Crippen molar-refractivity contribution in [3.05, 3.63) is 58.0 Å². The molecule has 0 atom stereocenters. The third kappa shape index (κ3) is 2.71. The zero-order valence-electron chi connectivity index (χ0n) is 10.8. The SMILES string of the molecule is Cc1cc2ncc(CNc3cc(Cl)ccc3Cl)cn2n1. The summed E-state index contributed by atoms with van der Waals surface area (Å²) < 4.78 is 1.77. The molecule has 6 heteroatoms. The van der Waals surface area contributed by atoms with Crippen LogP contribution in [0.1, 0.15) is 11.3 Å². The highest BCUT2D eigenvalue weighted by Crippen LogP contribution is 2.25. The number of nitrogens with zero attached hydrogens (tertiary/aromatic N) is 3. The van der Waals surface area contributed by atoms with Crippen LogP contribution in [0.4, 0.5) is 5.69 Å². The van der Waals surface area contributed by atoms with Gasteiger partial charge in [0.2, 0.25) is 0 Å². The van der Waals surface area contributed by atoms with Gasteiger partial charge in [-0.1, -0.05) is 23.2 Å². The minimum Gasteiger partial charge on any atom is -0.380 e. The summed E-state index contributed by atoms with van der Waals surface area (Å²) in [6, 6.07) is 7.26. The van der Waals surface area contributed by atoms with E-state index >= 15 is 0 Å². The van der Waals surface area contributed by atoms with Crippen LogP contribution >= 0.6 is 23.2 Å². The summed E-state index contributed by atoms with van der Waals surface area (Å²) in [4.78, 5) is 4.36. The maximum Gasteiger partial charge on any atom is 0.155 e. The van der Waals surface area contributed by atoms with E-state index in [1.807, 2.05) is 25.4 Å². The van der Waals surface area contributed by atoms with Crippen molar-refractivity contribution in [3.63, 3.8) is 0 Å². The molecule has 0 spiro atoms. The second kappa shape index (κ2) is 5.31. The lowest BCUT2D eigenvalue weighted by atomic mass is 10.3. The first-order chi connectivity index (χ1) is 9.61. The van der Waals surface area contributed by atoms with Gasteiger partial charge in [-0.3, -0.25) is 0 Å². The minimum absolute atomic E-state index is 0.599. The molecule has 0 unspecified atom stereocenters. The lowest BCUT2D eigenvalue weighted by molar-refractivity contribution is 0.895. The number of hydrogen-bond acceptors (Lipinski definition) is 3. The van der Waals surface area contributed by atoms with Crippen molar-refractivity contribution in [1.29, 1.82) is 0 Å². The van der Waals surface area contributed by atoms with E-state index in [2.05, 4.69) is 15.4 Å². The molecule has 20 heavy (non-hydrogen) atoms. The topological polar surface area (TPSA) is 42.2 Å². The van der Waals surface area contributed by atoms with E-state index in [1.54, 1.807) is 22.7 Å². The van der Waals surface area contributed by atoms with Gasteiger partial charge < -0.3 is 5.32 Å². The summed E-state index contributed by atoms with van der Waals surface area (Å²) in [7, 11) is 0. The Morgan fingerprint density at radius 1 is 1.25 bits per heavy atom. The van der Waals surface area contributed by atoms with Crippen LogP contribution in [0.15, 0.2) is 36.7 Å². The molecule has 0 bridgehead atoms. The van der Waals surface area contributed by atoms with E-state index < -0.39 is 0 Å². The van der Waals surface area contributed by atoms with E-state index in [0.29, 0.717) is 16.6 Å². The average Bonchev–Trinajstić information content (AvgIpc) is 2.79. The maximum atomic E-state index is 6.11. The highest BCUT2D eigenvalue weighted by molar-refractivity contribution is 6.35. The Labute approximate surface area is 126 Å². The molecule has 4 nitrogen and oxygen atoms in total. The molecule has 3 rings (SSSR count). The summed E-state index contributed by atoms with van der Waals surface area (Å²) in [5.41, 5.74) is 3.60. The summed E-state index contributed by atoms with van der Waals surface area (Å²) in [5, 5.41) is 8.87. The Bertz CT molecular complexity index is 767. The van der Waals surface area contributed by atoms with Crippen molar-refractivity contribution in [1.82, 2.24) is 14.6 Å². The highest BCUT2D eigenvalue weighted by atomic mass is 35.5. The van der Waals surface area contributed by atoms with Gasteiger partial charge in [0, 0.05) is 35.6 Å². The van der Waals surface area contributed by atoms with Crippen LogP contribution in [0, 0.1) is 6.92 Å². The van der Waals surface area contributed by atoms with Gasteiger partial charge in [-0.2, -0.15) is 5.10 Å². The molecule has 0 saturated heterocycles. The number of anilines is 1. The lowest BCUT2D eigenvalue weighted by Crippen LogP contribution is -2.02. The number of hydrogen-bond donors (Lipinski definition) is 1. The van der Waals surface area contributed by atoms with Gasteiger partial charge in [0.1, 0.15) is 0 Å². The fraction of sp³-hybridized carbons (Fsp3) is 0.143. The van der Waals surface area contributed by atoms with E-state index in [9.17, 15) is 0 Å². The molecule has 0 aliphatic heterocycles. The van der Waals surface area contributed by atoms with Crippen molar-refractivity contribution >= 4 is 34.5 Å². The normalized spacial score (nSPS) is 10.9. The van der Waals surface area contributed by atoms with E-state index in [4.69, 9.17) is 23.2 Å². The Balaban J connectivity index is 1.80. The Morgan fingerprint density at radius 3 is 2.95 bits per heavy atom. The van der Waals surface area contributed by atoms with Crippen LogP contribution in [0.25, 0.3) is 5.65 Å². The van der Waals surface area contributed by atoms with E-state index in [1.165, 1.54) is 0 Å². The first-order valence-electron chi connectivity index (χ1n) is 6.12. The van der Waals surface area contributed by atoms with Crippen molar-refractivity contribution in [2.45, 2.75) is 13.5 Å². The average molecular weight is 307 g/mol. The molecule has 102 valence electrons. The molecule has 0 amide bonds. The Hall–Kier alpha value is -1.78. The van der Waals surface area contributed by atoms with Crippen LogP contribution in [0.2, 0.25) is 10.0 Å². The second-order valence-corrected chi connectivity index (χ2v) is 5.37. The van der Waals surface area contributed by atoms with Gasteiger partial charge in [-0.15, -0.1) is 0 Å². The van der Waals surface area contributed by atoms with Crippen LogP contribution in [0.3, 0.4) is 0 Å². The van der Waals surface area contributed by atoms with Crippen LogP contribution in [-0.4, -0.2) is 14.6 Å². The smallest absolute Gasteiger partial charge is 0.155 e. The standard InChI is InChI=1S/C14H12Cl2N4/c1-9-4-14-18-7-10(8-20(14)19-9)6-17-13-5-11(15)2-3-12(13)16/h2-5,7-8,17H,6H2,1H3. The zero-order valence-corrected chi connectivity index (χ0v) is 12.3. The van der Waals surface area contributed by atoms with Crippen LogP contribution in [0.5, 0.6) is 0 Å². The fourth-order valence-corrected chi connectivity index (χ4v) is 2.31. The van der Waals surface area contributed by atoms with E-state index in [0.717, 1.165) is 22.6 Å². The first-order valence-corrected chi connectivity index (χ1v) is 6.87. The number of fused-ring (bicyclic) bond motifs is 1. The molecule has 0 radical (unpaired) electrons. The molecular formula is C14H12Cl2N4. The van der Waals surface area contributed by atoms with Crippen molar-refractivity contribution in [2.24, 2.45) is 0 Å². The molecule has 3 aromatic rings. The summed E-state index contributed by atoms with van der Waals surface area (Å²) >= 11 is 12.1.